The molecule has 0 radical (unpaired) electrons. The number of aryl methyl sites for hydroxylation is 1. The summed E-state index contributed by atoms with van der Waals surface area (Å²) in [4.78, 5) is 23.1. The van der Waals surface area contributed by atoms with E-state index in [1.165, 1.54) is 0 Å². The molecule has 0 bridgehead atoms. The van der Waals surface area contributed by atoms with E-state index in [-0.39, 0.29) is 11.9 Å². The Balaban J connectivity index is 2.08. The van der Waals surface area contributed by atoms with Crippen LogP contribution in [0.15, 0.2) is 24.3 Å². The lowest BCUT2D eigenvalue weighted by molar-refractivity contribution is -0.142. The minimum atomic E-state index is -0.817. The van der Waals surface area contributed by atoms with E-state index < -0.39 is 11.9 Å². The maximum Gasteiger partial charge on any atom is 0.308 e. The van der Waals surface area contributed by atoms with Gasteiger partial charge in [0.25, 0.3) is 5.91 Å². The zero-order chi connectivity index (χ0) is 13.1. The number of carbonyl (C=O) groups is 2. The molecule has 0 aromatic heterocycles. The highest BCUT2D eigenvalue weighted by Gasteiger charge is 2.34. The highest BCUT2D eigenvalue weighted by molar-refractivity contribution is 5.96. The first-order valence-electron chi connectivity index (χ1n) is 6.19. The van der Waals surface area contributed by atoms with E-state index in [1.54, 1.807) is 6.07 Å². The van der Waals surface area contributed by atoms with E-state index in [9.17, 15) is 9.59 Å². The molecule has 1 saturated carbocycles. The number of benzene rings is 1. The topological polar surface area (TPSA) is 66.4 Å². The number of carboxylic acids is 1. The van der Waals surface area contributed by atoms with Crippen molar-refractivity contribution in [1.29, 1.82) is 0 Å². The molecule has 0 heterocycles. The Kier molecular flexibility index (Phi) is 3.65. The lowest BCUT2D eigenvalue weighted by Crippen LogP contribution is -2.40. The van der Waals surface area contributed by atoms with E-state index in [1.807, 2.05) is 25.1 Å². The summed E-state index contributed by atoms with van der Waals surface area (Å²) in [5.74, 6) is -1.44. The summed E-state index contributed by atoms with van der Waals surface area (Å²) in [7, 11) is 0. The molecule has 1 aliphatic carbocycles. The van der Waals surface area contributed by atoms with Gasteiger partial charge in [-0.15, -0.1) is 0 Å². The first-order valence-corrected chi connectivity index (χ1v) is 6.19. The SMILES string of the molecule is Cc1ccccc1C(=O)N[C@@H]1CCC[C@@H]1C(=O)O. The van der Waals surface area contributed by atoms with Crippen LogP contribution in [0.4, 0.5) is 0 Å². The maximum absolute atomic E-state index is 12.1. The Labute approximate surface area is 106 Å². The fourth-order valence-corrected chi connectivity index (χ4v) is 2.50. The van der Waals surface area contributed by atoms with Crippen molar-refractivity contribution >= 4 is 11.9 Å². The molecule has 1 aromatic rings. The predicted octanol–water partition coefficient (Wildman–Crippen LogP) is 1.98. The third-order valence-electron chi connectivity index (χ3n) is 3.54. The molecule has 0 spiro atoms. The number of rotatable bonds is 3. The largest absolute Gasteiger partial charge is 0.481 e. The first-order chi connectivity index (χ1) is 8.59. The standard InChI is InChI=1S/C14H17NO3/c1-9-5-2-3-6-10(9)13(16)15-12-8-4-7-11(12)14(17)18/h2-3,5-6,11-12H,4,7-8H2,1H3,(H,15,16)(H,17,18)/t11-,12+/m0/s1. The van der Waals surface area contributed by atoms with Gasteiger partial charge in [-0.05, 0) is 31.4 Å². The van der Waals surface area contributed by atoms with Gasteiger partial charge >= 0.3 is 5.97 Å². The van der Waals surface area contributed by atoms with Crippen LogP contribution in [0.2, 0.25) is 0 Å². The summed E-state index contributed by atoms with van der Waals surface area (Å²) < 4.78 is 0. The van der Waals surface area contributed by atoms with E-state index >= 15 is 0 Å². The van der Waals surface area contributed by atoms with Gasteiger partial charge < -0.3 is 10.4 Å². The van der Waals surface area contributed by atoms with Crippen molar-refractivity contribution in [3.63, 3.8) is 0 Å². The zero-order valence-electron chi connectivity index (χ0n) is 10.3. The van der Waals surface area contributed by atoms with E-state index in [0.29, 0.717) is 12.0 Å². The number of amides is 1. The Morgan fingerprint density at radius 1 is 1.28 bits per heavy atom. The Hall–Kier alpha value is -1.84. The van der Waals surface area contributed by atoms with Crippen LogP contribution in [0.5, 0.6) is 0 Å². The van der Waals surface area contributed by atoms with Gasteiger partial charge in [-0.25, -0.2) is 0 Å². The summed E-state index contributed by atoms with van der Waals surface area (Å²) in [6.07, 6.45) is 2.25. The number of carboxylic acid groups (broad SMARTS) is 1. The lowest BCUT2D eigenvalue weighted by Gasteiger charge is -2.18. The molecule has 1 aliphatic rings. The van der Waals surface area contributed by atoms with Gasteiger partial charge in [0.1, 0.15) is 0 Å². The van der Waals surface area contributed by atoms with Gasteiger partial charge in [-0.2, -0.15) is 0 Å². The van der Waals surface area contributed by atoms with Gasteiger partial charge in [-0.3, -0.25) is 9.59 Å². The van der Waals surface area contributed by atoms with Crippen molar-refractivity contribution in [1.82, 2.24) is 5.32 Å². The minimum absolute atomic E-state index is 0.175. The van der Waals surface area contributed by atoms with Crippen LogP contribution in [0.1, 0.15) is 35.2 Å². The Morgan fingerprint density at radius 2 is 2.00 bits per heavy atom. The quantitative estimate of drug-likeness (QED) is 0.858. The molecule has 2 atom stereocenters. The summed E-state index contributed by atoms with van der Waals surface area (Å²) >= 11 is 0. The fourth-order valence-electron chi connectivity index (χ4n) is 2.50. The van der Waals surface area contributed by atoms with Gasteiger partial charge in [-0.1, -0.05) is 24.6 Å². The molecule has 4 nitrogen and oxygen atoms in total. The van der Waals surface area contributed by atoms with Gasteiger partial charge in [0.15, 0.2) is 0 Å². The number of hydrogen-bond acceptors (Lipinski definition) is 2. The molecule has 96 valence electrons. The van der Waals surface area contributed by atoms with Crippen LogP contribution in [0.25, 0.3) is 0 Å². The average molecular weight is 247 g/mol. The van der Waals surface area contributed by atoms with Crippen LogP contribution in [0, 0.1) is 12.8 Å². The van der Waals surface area contributed by atoms with Gasteiger partial charge in [0.05, 0.1) is 5.92 Å². The molecule has 1 fully saturated rings. The molecule has 0 aliphatic heterocycles. The van der Waals surface area contributed by atoms with E-state index in [2.05, 4.69) is 5.32 Å². The van der Waals surface area contributed by atoms with Crippen molar-refractivity contribution in [3.05, 3.63) is 35.4 Å². The van der Waals surface area contributed by atoms with Crippen LogP contribution < -0.4 is 5.32 Å². The summed E-state index contributed by atoms with van der Waals surface area (Å²) in [5, 5.41) is 11.9. The molecule has 0 saturated heterocycles. The number of nitrogens with one attached hydrogen (secondary N) is 1. The molecule has 1 amide bonds. The van der Waals surface area contributed by atoms with Crippen LogP contribution >= 0.6 is 0 Å². The third kappa shape index (κ3) is 2.53. The monoisotopic (exact) mass is 247 g/mol. The number of hydrogen-bond donors (Lipinski definition) is 2. The predicted molar refractivity (Wildman–Crippen MR) is 67.4 cm³/mol. The number of aliphatic carboxylic acids is 1. The average Bonchev–Trinajstić information content (AvgIpc) is 2.77. The third-order valence-corrected chi connectivity index (χ3v) is 3.54. The zero-order valence-corrected chi connectivity index (χ0v) is 10.3. The van der Waals surface area contributed by atoms with Crippen molar-refractivity contribution in [3.8, 4) is 0 Å². The lowest BCUT2D eigenvalue weighted by atomic mass is 10.0. The normalized spacial score (nSPS) is 22.7. The highest BCUT2D eigenvalue weighted by atomic mass is 16.4. The Bertz CT molecular complexity index is 470. The van der Waals surface area contributed by atoms with E-state index in [4.69, 9.17) is 5.11 Å². The molecule has 0 unspecified atom stereocenters. The summed E-state index contributed by atoms with van der Waals surface area (Å²) in [6, 6.07) is 7.08. The molecule has 1 aromatic carbocycles. The second-order valence-corrected chi connectivity index (χ2v) is 4.77. The second-order valence-electron chi connectivity index (χ2n) is 4.77. The smallest absolute Gasteiger partial charge is 0.308 e. The highest BCUT2D eigenvalue weighted by Crippen LogP contribution is 2.26. The van der Waals surface area contributed by atoms with Crippen molar-refractivity contribution in [2.45, 2.75) is 32.2 Å². The van der Waals surface area contributed by atoms with Crippen LogP contribution in [-0.2, 0) is 4.79 Å². The molecule has 2 N–H and O–H groups in total. The maximum atomic E-state index is 12.1. The molecule has 4 heteroatoms. The van der Waals surface area contributed by atoms with Gasteiger partial charge in [0.2, 0.25) is 0 Å². The van der Waals surface area contributed by atoms with Gasteiger partial charge in [0, 0.05) is 11.6 Å². The number of carbonyl (C=O) groups excluding carboxylic acids is 1. The minimum Gasteiger partial charge on any atom is -0.481 e. The van der Waals surface area contributed by atoms with E-state index in [0.717, 1.165) is 18.4 Å². The summed E-state index contributed by atoms with van der Waals surface area (Å²) in [6.45, 7) is 1.87. The molecular weight excluding hydrogens is 230 g/mol. The second kappa shape index (κ2) is 5.21. The van der Waals surface area contributed by atoms with Crippen LogP contribution in [-0.4, -0.2) is 23.0 Å². The van der Waals surface area contributed by atoms with Crippen molar-refractivity contribution in [2.24, 2.45) is 5.92 Å². The first kappa shape index (κ1) is 12.6. The molecular formula is C14H17NO3. The van der Waals surface area contributed by atoms with Crippen LogP contribution in [0.3, 0.4) is 0 Å². The van der Waals surface area contributed by atoms with Crippen molar-refractivity contribution in [2.75, 3.05) is 0 Å². The molecule has 18 heavy (non-hydrogen) atoms. The summed E-state index contributed by atoms with van der Waals surface area (Å²) in [5.41, 5.74) is 1.52. The molecule has 2 rings (SSSR count). The van der Waals surface area contributed by atoms with Crippen molar-refractivity contribution < 1.29 is 14.7 Å². The Morgan fingerprint density at radius 3 is 2.67 bits per heavy atom. The fraction of sp³-hybridized carbons (Fsp3) is 0.429.